The Labute approximate surface area is 328 Å². The second-order valence-corrected chi connectivity index (χ2v) is 17.4. The number of hydrogen-bond donors (Lipinski definition) is 0. The zero-order valence-corrected chi connectivity index (χ0v) is 32.1. The third-order valence-corrected chi connectivity index (χ3v) is 13.7. The molecule has 1 aliphatic heterocycles. The fraction of sp³-hybridized carbons (Fsp3) is 0.173. The van der Waals surface area contributed by atoms with E-state index in [9.17, 15) is 0 Å². The highest BCUT2D eigenvalue weighted by Gasteiger charge is 2.30. The highest BCUT2D eigenvalue weighted by molar-refractivity contribution is 8.08. The van der Waals surface area contributed by atoms with Crippen LogP contribution in [0.2, 0.25) is 0 Å². The molecule has 5 aromatic carbocycles. The van der Waals surface area contributed by atoms with E-state index in [1.54, 1.807) is 11.1 Å². The van der Waals surface area contributed by atoms with E-state index in [-0.39, 0.29) is 0 Å². The van der Waals surface area contributed by atoms with Gasteiger partial charge in [0.1, 0.15) is 0 Å². The number of allylic oxidation sites excluding steroid dienone is 8. The fourth-order valence-electron chi connectivity index (χ4n) is 8.22. The number of fused-ring (bicyclic) bond motifs is 2. The van der Waals surface area contributed by atoms with E-state index in [0.717, 1.165) is 31.1 Å². The Balaban J connectivity index is 1.13. The van der Waals surface area contributed by atoms with Crippen molar-refractivity contribution in [3.63, 3.8) is 0 Å². The van der Waals surface area contributed by atoms with Crippen molar-refractivity contribution in [2.45, 2.75) is 61.7 Å². The fourth-order valence-corrected chi connectivity index (χ4v) is 10.5. The summed E-state index contributed by atoms with van der Waals surface area (Å²) in [5, 5.41) is 1.32. The molecule has 6 aromatic rings. The van der Waals surface area contributed by atoms with Gasteiger partial charge in [-0.1, -0.05) is 133 Å². The highest BCUT2D eigenvalue weighted by Crippen LogP contribution is 2.49. The average Bonchev–Trinajstić information content (AvgIpc) is 4.17. The molecular formula is C52H43S2+. The van der Waals surface area contributed by atoms with Crippen LogP contribution in [0.25, 0.3) is 42.7 Å². The van der Waals surface area contributed by atoms with Crippen LogP contribution in [0.3, 0.4) is 0 Å². The molecule has 0 atom stereocenters. The number of rotatable bonds is 8. The first kappa shape index (κ1) is 33.5. The quantitative estimate of drug-likeness (QED) is 0.140. The molecule has 0 amide bonds. The maximum absolute atomic E-state index is 2.56. The first-order chi connectivity index (χ1) is 26.7. The molecule has 10 rings (SSSR count). The minimum atomic E-state index is 0.728. The van der Waals surface area contributed by atoms with Crippen LogP contribution in [-0.4, -0.2) is 0 Å². The minimum absolute atomic E-state index is 0.728. The Kier molecular flexibility index (Phi) is 9.11. The Hall–Kier alpha value is -5.02. The van der Waals surface area contributed by atoms with Crippen LogP contribution in [0.4, 0.5) is 0 Å². The van der Waals surface area contributed by atoms with Gasteiger partial charge in [-0.15, -0.1) is 0 Å². The van der Waals surface area contributed by atoms with Crippen LogP contribution in [0.15, 0.2) is 174 Å². The molecule has 0 nitrogen and oxygen atoms in total. The van der Waals surface area contributed by atoms with Gasteiger partial charge in [0.2, 0.25) is 20.9 Å². The third kappa shape index (κ3) is 7.02. The van der Waals surface area contributed by atoms with Crippen molar-refractivity contribution in [2.24, 2.45) is 0 Å². The van der Waals surface area contributed by atoms with Crippen LogP contribution < -0.4 is 0 Å². The molecule has 2 heteroatoms. The minimum Gasteiger partial charge on any atom is -0.0888 e. The topological polar surface area (TPSA) is 0 Å². The van der Waals surface area contributed by atoms with Gasteiger partial charge in [0.25, 0.3) is 0 Å². The molecule has 3 aliphatic carbocycles. The predicted molar refractivity (Wildman–Crippen MR) is 235 cm³/mol. The smallest absolute Gasteiger partial charge is 0.0888 e. The van der Waals surface area contributed by atoms with Crippen molar-refractivity contribution < 1.29 is 0 Å². The molecule has 0 spiro atoms. The molecule has 0 unspecified atom stereocenters. The van der Waals surface area contributed by atoms with Crippen molar-refractivity contribution in [3.05, 3.63) is 202 Å². The highest BCUT2D eigenvalue weighted by atomic mass is 32.2. The van der Waals surface area contributed by atoms with Gasteiger partial charge in [-0.2, -0.15) is 0 Å². The lowest BCUT2D eigenvalue weighted by atomic mass is 9.81. The van der Waals surface area contributed by atoms with E-state index in [1.165, 1.54) is 101 Å². The maximum Gasteiger partial charge on any atom is 0.239 e. The van der Waals surface area contributed by atoms with E-state index in [4.69, 9.17) is 0 Å². The molecule has 4 aliphatic rings. The Morgan fingerprint density at radius 2 is 1.28 bits per heavy atom. The molecule has 54 heavy (non-hydrogen) atoms. The molecule has 0 radical (unpaired) electrons. The lowest BCUT2D eigenvalue weighted by Crippen LogP contribution is -2.03. The van der Waals surface area contributed by atoms with Crippen LogP contribution in [0.1, 0.15) is 90.2 Å². The van der Waals surface area contributed by atoms with Gasteiger partial charge in [-0.25, -0.2) is 0 Å². The summed E-state index contributed by atoms with van der Waals surface area (Å²) in [7, 11) is 0. The van der Waals surface area contributed by atoms with Gasteiger partial charge >= 0.3 is 0 Å². The summed E-state index contributed by atoms with van der Waals surface area (Å²) in [5.41, 5.74) is 15.4. The zero-order valence-electron chi connectivity index (χ0n) is 30.5. The summed E-state index contributed by atoms with van der Waals surface area (Å²) in [6, 6.07) is 49.6. The molecule has 262 valence electrons. The number of hydrogen-bond acceptors (Lipinski definition) is 1. The van der Waals surface area contributed by atoms with Gasteiger partial charge in [0, 0.05) is 32.9 Å². The summed E-state index contributed by atoms with van der Waals surface area (Å²) in [5.74, 6) is 1.46. The van der Waals surface area contributed by atoms with E-state index in [0.29, 0.717) is 0 Å². The number of benzene rings is 5. The second-order valence-electron chi connectivity index (χ2n) is 15.2. The monoisotopic (exact) mass is 731 g/mol. The second kappa shape index (κ2) is 14.7. The number of thioether (sulfide) groups is 1. The SMILES string of the molecule is C1=C(c2ccccc2)Sc2ccccc2/C1=C/C=C1\CCCC(/C=C/c2cc(-c3ccccc3)[s+]c3ccccc23)=C1c1cc(C2CC2)cc(C2CC2)c1. The van der Waals surface area contributed by atoms with Gasteiger partial charge in [-0.3, -0.25) is 0 Å². The summed E-state index contributed by atoms with van der Waals surface area (Å²) in [4.78, 5) is 3.93. The largest absolute Gasteiger partial charge is 0.239 e. The summed E-state index contributed by atoms with van der Waals surface area (Å²) in [6.45, 7) is 0. The van der Waals surface area contributed by atoms with Gasteiger partial charge < -0.3 is 0 Å². The standard InChI is InChI=1S/C52H43S2/c1-3-12-37(13-4-1)50-33-41(46-18-7-9-20-48(46)53-50)28-26-39-16-11-17-40(52(39)45-31-43(35-22-23-35)30-44(32-45)36-24-25-36)27-29-42-34-51(38-14-5-2-6-15-38)54-49-21-10-8-19-47(42)49/h1-10,12-15,18-21,26-36H,11,16-17,22-25H2/q+1. The first-order valence-corrected chi connectivity index (χ1v) is 21.3. The van der Waals surface area contributed by atoms with Gasteiger partial charge in [0.15, 0.2) is 0 Å². The molecule has 0 saturated heterocycles. The molecule has 0 bridgehead atoms. The van der Waals surface area contributed by atoms with Crippen molar-refractivity contribution in [1.82, 2.24) is 0 Å². The lowest BCUT2D eigenvalue weighted by molar-refractivity contribution is 0.805. The molecule has 2 fully saturated rings. The predicted octanol–water partition coefficient (Wildman–Crippen LogP) is 15.4. The lowest BCUT2D eigenvalue weighted by Gasteiger charge is -2.24. The van der Waals surface area contributed by atoms with Crippen LogP contribution in [-0.2, 0) is 0 Å². The Bertz CT molecular complexity index is 2510. The Morgan fingerprint density at radius 3 is 2.04 bits per heavy atom. The summed E-state index contributed by atoms with van der Waals surface area (Å²) in [6.07, 6.45) is 20.8. The van der Waals surface area contributed by atoms with Gasteiger partial charge in [-0.05, 0) is 143 Å². The zero-order chi connectivity index (χ0) is 35.8. The Morgan fingerprint density at radius 1 is 0.593 bits per heavy atom. The van der Waals surface area contributed by atoms with E-state index < -0.39 is 0 Å². The van der Waals surface area contributed by atoms with Crippen molar-refractivity contribution in [1.29, 1.82) is 0 Å². The molecule has 1 aromatic heterocycles. The van der Waals surface area contributed by atoms with E-state index >= 15 is 0 Å². The van der Waals surface area contributed by atoms with Crippen LogP contribution in [0, 0.1) is 0 Å². The van der Waals surface area contributed by atoms with Crippen LogP contribution in [0.5, 0.6) is 0 Å². The third-order valence-electron chi connectivity index (χ3n) is 11.4. The first-order valence-electron chi connectivity index (χ1n) is 19.7. The van der Waals surface area contributed by atoms with Crippen molar-refractivity contribution in [3.8, 4) is 10.4 Å². The van der Waals surface area contributed by atoms with E-state index in [2.05, 4.69) is 164 Å². The van der Waals surface area contributed by atoms with Crippen molar-refractivity contribution in [2.75, 3.05) is 0 Å². The molecular weight excluding hydrogens is 689 g/mol. The maximum atomic E-state index is 2.56. The molecule has 0 N–H and O–H groups in total. The van der Waals surface area contributed by atoms with Gasteiger partial charge in [0.05, 0.1) is 0 Å². The molecule has 2 heterocycles. The molecule has 2 saturated carbocycles. The summed E-state index contributed by atoms with van der Waals surface area (Å²) >= 11 is 3.76. The van der Waals surface area contributed by atoms with E-state index in [1.807, 2.05) is 23.1 Å². The van der Waals surface area contributed by atoms with Crippen molar-refractivity contribution >= 4 is 55.3 Å². The average molecular weight is 732 g/mol. The van der Waals surface area contributed by atoms with Crippen LogP contribution >= 0.6 is 23.1 Å². The normalized spacial score (nSPS) is 18.8. The summed E-state index contributed by atoms with van der Waals surface area (Å²) < 4.78 is 1.32.